The van der Waals surface area contributed by atoms with Crippen molar-refractivity contribution < 1.29 is 20.1 Å². The molecule has 0 fully saturated rings. The molecule has 0 aliphatic rings. The van der Waals surface area contributed by atoms with Crippen LogP contribution in [0.1, 0.15) is 271 Å². The van der Waals surface area contributed by atoms with Crippen molar-refractivity contribution in [2.45, 2.75) is 289 Å². The van der Waals surface area contributed by atoms with Gasteiger partial charge in [-0.05, 0) is 57.8 Å². The van der Waals surface area contributed by atoms with Crippen molar-refractivity contribution in [3.8, 4) is 0 Å². The smallest absolute Gasteiger partial charge is 0.249 e. The van der Waals surface area contributed by atoms with Crippen LogP contribution < -0.4 is 5.32 Å². The fourth-order valence-electron chi connectivity index (χ4n) is 7.90. The Kier molecular flexibility index (Phi) is 47.0. The zero-order valence-electron chi connectivity index (χ0n) is 38.9. The number of allylic oxidation sites excluding steroid dienone is 5. The van der Waals surface area contributed by atoms with E-state index in [9.17, 15) is 20.1 Å². The highest BCUT2D eigenvalue weighted by Crippen LogP contribution is 2.16. The van der Waals surface area contributed by atoms with Crippen LogP contribution in [0.3, 0.4) is 0 Å². The summed E-state index contributed by atoms with van der Waals surface area (Å²) in [6.07, 6.45) is 62.1. The van der Waals surface area contributed by atoms with E-state index in [1.165, 1.54) is 212 Å². The van der Waals surface area contributed by atoms with Gasteiger partial charge >= 0.3 is 0 Å². The number of rotatable bonds is 47. The number of aliphatic hydroxyl groups excluding tert-OH is 3. The lowest BCUT2D eigenvalue weighted by Crippen LogP contribution is -2.48. The monoisotopic (exact) mass is 816 g/mol. The number of carbonyl (C=O) groups excluding carboxylic acids is 1. The third-order valence-electron chi connectivity index (χ3n) is 12.0. The highest BCUT2D eigenvalue weighted by atomic mass is 16.3. The van der Waals surface area contributed by atoms with E-state index in [4.69, 9.17) is 0 Å². The van der Waals surface area contributed by atoms with E-state index in [1.54, 1.807) is 6.08 Å². The minimum Gasteiger partial charge on any atom is -0.394 e. The van der Waals surface area contributed by atoms with Crippen LogP contribution in [-0.4, -0.2) is 46.1 Å². The molecule has 0 aromatic heterocycles. The van der Waals surface area contributed by atoms with Crippen molar-refractivity contribution in [3.63, 3.8) is 0 Å². The molecule has 0 saturated heterocycles. The zero-order valence-corrected chi connectivity index (χ0v) is 38.9. The highest BCUT2D eigenvalue weighted by Gasteiger charge is 2.22. The summed E-state index contributed by atoms with van der Waals surface area (Å²) >= 11 is 0. The van der Waals surface area contributed by atoms with Gasteiger partial charge in [0.15, 0.2) is 0 Å². The molecule has 0 aliphatic carbocycles. The molecule has 0 saturated carbocycles. The maximum absolute atomic E-state index is 12.5. The van der Waals surface area contributed by atoms with E-state index in [2.05, 4.69) is 43.5 Å². The van der Waals surface area contributed by atoms with Gasteiger partial charge < -0.3 is 20.6 Å². The number of carbonyl (C=O) groups is 1. The molecule has 5 nitrogen and oxygen atoms in total. The average Bonchev–Trinajstić information content (AvgIpc) is 3.23. The van der Waals surface area contributed by atoms with E-state index in [0.717, 1.165) is 38.5 Å². The van der Waals surface area contributed by atoms with Gasteiger partial charge in [-0.1, -0.05) is 249 Å². The van der Waals surface area contributed by atoms with Crippen molar-refractivity contribution in [3.05, 3.63) is 36.5 Å². The zero-order chi connectivity index (χ0) is 42.3. The highest BCUT2D eigenvalue weighted by molar-refractivity contribution is 5.80. The lowest BCUT2D eigenvalue weighted by Gasteiger charge is -2.21. The quantitative estimate of drug-likeness (QED) is 0.0364. The normalized spacial score (nSPS) is 13.7. The molecule has 0 radical (unpaired) electrons. The largest absolute Gasteiger partial charge is 0.394 e. The first kappa shape index (κ1) is 56.6. The van der Waals surface area contributed by atoms with Gasteiger partial charge in [0.25, 0.3) is 0 Å². The Morgan fingerprint density at radius 2 is 0.707 bits per heavy atom. The van der Waals surface area contributed by atoms with Crippen molar-refractivity contribution in [1.82, 2.24) is 5.32 Å². The van der Waals surface area contributed by atoms with Gasteiger partial charge in [0.2, 0.25) is 5.91 Å². The van der Waals surface area contributed by atoms with Crippen molar-refractivity contribution in [2.75, 3.05) is 6.61 Å². The lowest BCUT2D eigenvalue weighted by molar-refractivity contribution is -0.131. The molecule has 342 valence electrons. The Morgan fingerprint density at radius 3 is 1.05 bits per heavy atom. The summed E-state index contributed by atoms with van der Waals surface area (Å²) in [4.78, 5) is 12.5. The molecule has 4 N–H and O–H groups in total. The third-order valence-corrected chi connectivity index (χ3v) is 12.0. The van der Waals surface area contributed by atoms with Crippen LogP contribution in [0.4, 0.5) is 0 Å². The lowest BCUT2D eigenvalue weighted by atomic mass is 10.0. The van der Waals surface area contributed by atoms with Crippen LogP contribution in [0.15, 0.2) is 36.5 Å². The number of aliphatic hydroxyl groups is 3. The number of hydrogen-bond donors (Lipinski definition) is 4. The molecule has 0 aromatic carbocycles. The first-order chi connectivity index (χ1) is 28.6. The van der Waals surface area contributed by atoms with Crippen LogP contribution in [0.2, 0.25) is 0 Å². The molecule has 0 aliphatic heterocycles. The van der Waals surface area contributed by atoms with Gasteiger partial charge in [0.05, 0.1) is 18.8 Å². The van der Waals surface area contributed by atoms with Gasteiger partial charge in [0.1, 0.15) is 6.10 Å². The van der Waals surface area contributed by atoms with E-state index >= 15 is 0 Å². The van der Waals surface area contributed by atoms with Crippen molar-refractivity contribution in [2.24, 2.45) is 0 Å². The summed E-state index contributed by atoms with van der Waals surface area (Å²) in [5, 5.41) is 33.2. The molecule has 0 aromatic rings. The van der Waals surface area contributed by atoms with Gasteiger partial charge in [-0.25, -0.2) is 0 Å². The summed E-state index contributed by atoms with van der Waals surface area (Å²) in [6.45, 7) is 4.19. The fraction of sp³-hybridized carbons (Fsp3) is 0.868. The number of amides is 1. The fourth-order valence-corrected chi connectivity index (χ4v) is 7.90. The molecule has 1 amide bonds. The molecule has 3 atom stereocenters. The van der Waals surface area contributed by atoms with Crippen molar-refractivity contribution >= 4 is 5.91 Å². The minimum absolute atomic E-state index is 0.375. The predicted molar refractivity (Wildman–Crippen MR) is 254 cm³/mol. The molecule has 0 rings (SSSR count). The number of hydrogen-bond acceptors (Lipinski definition) is 4. The second-order valence-corrected chi connectivity index (χ2v) is 17.7. The molecule has 3 unspecified atom stereocenters. The van der Waals surface area contributed by atoms with Gasteiger partial charge in [-0.3, -0.25) is 4.79 Å². The Bertz CT molecular complexity index is 901. The molecular weight excluding hydrogens is 715 g/mol. The maximum Gasteiger partial charge on any atom is 0.249 e. The van der Waals surface area contributed by atoms with E-state index in [0.29, 0.717) is 6.42 Å². The Labute approximate surface area is 362 Å². The standard InChI is InChI=1S/C53H101NO4/c1-3-5-7-9-11-13-15-17-19-21-22-23-24-25-26-27-28-29-30-31-32-34-36-38-40-42-44-46-48-52(57)53(58)54-50(49-55)51(56)47-45-43-41-39-37-35-33-20-18-16-14-12-10-8-6-4-2/h25-26,37,39,45,47,50-52,55-57H,3-24,27-36,38,40-44,46,48-49H2,1-2H3,(H,54,58)/b26-25-,39-37+,47-45+. The molecular formula is C53H101NO4. The average molecular weight is 816 g/mol. The Balaban J connectivity index is 3.59. The molecule has 0 heterocycles. The van der Waals surface area contributed by atoms with E-state index in [1.807, 2.05) is 6.08 Å². The minimum atomic E-state index is -1.11. The number of nitrogens with one attached hydrogen (secondary N) is 1. The first-order valence-corrected chi connectivity index (χ1v) is 25.8. The summed E-state index contributed by atoms with van der Waals surface area (Å²) in [6, 6.07) is -0.814. The first-order valence-electron chi connectivity index (χ1n) is 25.8. The molecule has 5 heteroatoms. The van der Waals surface area contributed by atoms with Gasteiger partial charge in [-0.15, -0.1) is 0 Å². The van der Waals surface area contributed by atoms with Crippen LogP contribution in [0, 0.1) is 0 Å². The van der Waals surface area contributed by atoms with Crippen molar-refractivity contribution in [1.29, 1.82) is 0 Å². The molecule has 0 spiro atoms. The number of unbranched alkanes of at least 4 members (excludes halogenated alkanes) is 35. The maximum atomic E-state index is 12.5. The third kappa shape index (κ3) is 42.7. The van der Waals surface area contributed by atoms with E-state index in [-0.39, 0.29) is 6.61 Å². The second-order valence-electron chi connectivity index (χ2n) is 17.7. The second kappa shape index (κ2) is 48.2. The van der Waals surface area contributed by atoms with E-state index < -0.39 is 24.2 Å². The van der Waals surface area contributed by atoms with Gasteiger partial charge in [-0.2, -0.15) is 0 Å². The molecule has 0 bridgehead atoms. The van der Waals surface area contributed by atoms with Crippen LogP contribution in [-0.2, 0) is 4.79 Å². The Hall–Kier alpha value is -1.43. The SMILES string of the molecule is CCCCCCCCCCCC/C=C/CC/C=C/C(O)C(CO)NC(=O)C(O)CCCCCCCCCCCCCC/C=C\CCCCCCCCCCCCCC. The molecule has 58 heavy (non-hydrogen) atoms. The Morgan fingerprint density at radius 1 is 0.414 bits per heavy atom. The topological polar surface area (TPSA) is 89.8 Å². The van der Waals surface area contributed by atoms with Crippen LogP contribution in [0.25, 0.3) is 0 Å². The summed E-state index contributed by atoms with van der Waals surface area (Å²) in [7, 11) is 0. The van der Waals surface area contributed by atoms with Crippen LogP contribution in [0.5, 0.6) is 0 Å². The van der Waals surface area contributed by atoms with Gasteiger partial charge in [0, 0.05) is 0 Å². The summed E-state index contributed by atoms with van der Waals surface area (Å²) < 4.78 is 0. The summed E-state index contributed by atoms with van der Waals surface area (Å²) in [5.74, 6) is -0.511. The predicted octanol–water partition coefficient (Wildman–Crippen LogP) is 15.5. The van der Waals surface area contributed by atoms with Crippen LogP contribution >= 0.6 is 0 Å². The summed E-state index contributed by atoms with van der Waals surface area (Å²) in [5.41, 5.74) is 0.